The monoisotopic (exact) mass is 151 g/mol. The highest BCUT2D eigenvalue weighted by atomic mass is 16.5. The van der Waals surface area contributed by atoms with Crippen LogP contribution in [0.5, 0.6) is 0 Å². The van der Waals surface area contributed by atoms with Crippen LogP contribution in [0.2, 0.25) is 0 Å². The minimum atomic E-state index is 0.330. The van der Waals surface area contributed by atoms with E-state index in [-0.39, 0.29) is 0 Å². The van der Waals surface area contributed by atoms with Crippen molar-refractivity contribution in [1.29, 1.82) is 0 Å². The van der Waals surface area contributed by atoms with Gasteiger partial charge in [0.1, 0.15) is 6.33 Å². The third-order valence-corrected chi connectivity index (χ3v) is 1.18. The van der Waals surface area contributed by atoms with E-state index in [0.29, 0.717) is 17.4 Å². The lowest BCUT2D eigenvalue weighted by atomic mass is 10.4. The first-order valence-electron chi connectivity index (χ1n) is 2.94. The summed E-state index contributed by atoms with van der Waals surface area (Å²) < 4.78 is 4.80. The van der Waals surface area contributed by atoms with E-state index in [0.717, 1.165) is 0 Å². The molecule has 6 nitrogen and oxygen atoms in total. The lowest BCUT2D eigenvalue weighted by molar-refractivity contribution is 0.433. The average Bonchev–Trinajstić information content (AvgIpc) is 2.55. The van der Waals surface area contributed by atoms with E-state index in [9.17, 15) is 0 Å². The number of nitrogens with one attached hydrogen (secondary N) is 1. The van der Waals surface area contributed by atoms with Gasteiger partial charge in [-0.25, -0.2) is 4.98 Å². The van der Waals surface area contributed by atoms with Gasteiger partial charge in [0.2, 0.25) is 5.76 Å². The molecule has 56 valence electrons. The minimum Gasteiger partial charge on any atom is -0.381 e. The Kier molecular flexibility index (Phi) is 1.12. The molecule has 2 heterocycles. The summed E-state index contributed by atoms with van der Waals surface area (Å²) in [7, 11) is 0. The highest BCUT2D eigenvalue weighted by molar-refractivity contribution is 5.50. The minimum absolute atomic E-state index is 0.330. The molecule has 3 N–H and O–H groups in total. The Morgan fingerprint density at radius 3 is 3.00 bits per heavy atom. The number of anilines is 1. The molecule has 2 rings (SSSR count). The molecule has 0 aliphatic rings. The first kappa shape index (κ1) is 5.90. The number of aromatic amines is 1. The second-order valence-corrected chi connectivity index (χ2v) is 1.95. The van der Waals surface area contributed by atoms with Crippen LogP contribution < -0.4 is 5.73 Å². The summed E-state index contributed by atoms with van der Waals surface area (Å²) in [5.41, 5.74) is 5.32. The normalized spacial score (nSPS) is 10.2. The number of aromatic nitrogens is 4. The fourth-order valence-corrected chi connectivity index (χ4v) is 0.725. The Labute approximate surface area is 61.4 Å². The topological polar surface area (TPSA) is 93.6 Å². The third-order valence-electron chi connectivity index (χ3n) is 1.18. The number of nitrogens with zero attached hydrogens (tertiary/aromatic N) is 3. The highest BCUT2D eigenvalue weighted by Gasteiger charge is 2.05. The summed E-state index contributed by atoms with van der Waals surface area (Å²) >= 11 is 0. The maximum atomic E-state index is 5.32. The lowest BCUT2D eigenvalue weighted by Gasteiger charge is -1.81. The summed E-state index contributed by atoms with van der Waals surface area (Å²) in [5.74, 6) is 1.34. The van der Waals surface area contributed by atoms with E-state index in [4.69, 9.17) is 10.3 Å². The number of hydrogen-bond donors (Lipinski definition) is 2. The quantitative estimate of drug-likeness (QED) is 0.600. The van der Waals surface area contributed by atoms with Crippen LogP contribution in [0.15, 0.2) is 16.9 Å². The van der Waals surface area contributed by atoms with Gasteiger partial charge in [0.15, 0.2) is 11.6 Å². The zero-order valence-corrected chi connectivity index (χ0v) is 5.48. The second kappa shape index (κ2) is 2.08. The SMILES string of the molecule is Nc1cc(-c2ncn[nH]2)on1. The molecular formula is C5H5N5O. The molecule has 0 aliphatic carbocycles. The summed E-state index contributed by atoms with van der Waals surface area (Å²) in [6, 6.07) is 1.57. The fraction of sp³-hybridized carbons (Fsp3) is 0. The number of nitrogens with two attached hydrogens (primary N) is 1. The lowest BCUT2D eigenvalue weighted by Crippen LogP contribution is -1.80. The summed E-state index contributed by atoms with van der Waals surface area (Å²) in [4.78, 5) is 3.84. The molecule has 2 aromatic heterocycles. The van der Waals surface area contributed by atoms with E-state index < -0.39 is 0 Å². The molecular weight excluding hydrogens is 146 g/mol. The van der Waals surface area contributed by atoms with E-state index in [1.807, 2.05) is 0 Å². The Morgan fingerprint density at radius 2 is 2.45 bits per heavy atom. The predicted octanol–water partition coefficient (Wildman–Crippen LogP) is 0.0419. The van der Waals surface area contributed by atoms with Crippen LogP contribution in [0.25, 0.3) is 11.6 Å². The van der Waals surface area contributed by atoms with Crippen molar-refractivity contribution in [2.24, 2.45) is 0 Å². The standard InChI is InChI=1S/C5H5N5O/c6-4-1-3(11-10-4)5-7-2-8-9-5/h1-2H,(H2,6,10)(H,7,8,9). The predicted molar refractivity (Wildman–Crippen MR) is 36.3 cm³/mol. The van der Waals surface area contributed by atoms with Gasteiger partial charge in [-0.1, -0.05) is 5.16 Å². The van der Waals surface area contributed by atoms with Crippen molar-refractivity contribution in [1.82, 2.24) is 20.3 Å². The maximum Gasteiger partial charge on any atom is 0.205 e. The smallest absolute Gasteiger partial charge is 0.205 e. The van der Waals surface area contributed by atoms with E-state index in [1.165, 1.54) is 6.33 Å². The van der Waals surface area contributed by atoms with Crippen LogP contribution >= 0.6 is 0 Å². The molecule has 0 fully saturated rings. The highest BCUT2D eigenvalue weighted by Crippen LogP contribution is 2.14. The number of rotatable bonds is 1. The van der Waals surface area contributed by atoms with E-state index >= 15 is 0 Å². The zero-order chi connectivity index (χ0) is 7.68. The number of hydrogen-bond acceptors (Lipinski definition) is 5. The van der Waals surface area contributed by atoms with Crippen LogP contribution in [0.1, 0.15) is 0 Å². The Bertz CT molecular complexity index is 337. The zero-order valence-electron chi connectivity index (χ0n) is 5.48. The van der Waals surface area contributed by atoms with Gasteiger partial charge < -0.3 is 10.3 Å². The van der Waals surface area contributed by atoms with Crippen molar-refractivity contribution >= 4 is 5.82 Å². The van der Waals surface area contributed by atoms with Crippen LogP contribution in [0.4, 0.5) is 5.82 Å². The molecule has 0 saturated heterocycles. The molecule has 0 amide bonds. The molecule has 2 aromatic rings. The largest absolute Gasteiger partial charge is 0.381 e. The van der Waals surface area contributed by atoms with E-state index in [2.05, 4.69) is 20.3 Å². The molecule has 0 spiro atoms. The summed E-state index contributed by atoms with van der Waals surface area (Å²) in [6.07, 6.45) is 1.38. The molecule has 6 heteroatoms. The first-order chi connectivity index (χ1) is 5.36. The molecule has 0 bridgehead atoms. The average molecular weight is 151 g/mol. The second-order valence-electron chi connectivity index (χ2n) is 1.95. The molecule has 0 saturated carbocycles. The van der Waals surface area contributed by atoms with Gasteiger partial charge in [-0.2, -0.15) is 5.10 Å². The van der Waals surface area contributed by atoms with Gasteiger partial charge in [-0.15, -0.1) is 0 Å². The van der Waals surface area contributed by atoms with Crippen LogP contribution in [-0.2, 0) is 0 Å². The maximum absolute atomic E-state index is 5.32. The van der Waals surface area contributed by atoms with Crippen molar-refractivity contribution in [2.45, 2.75) is 0 Å². The van der Waals surface area contributed by atoms with E-state index in [1.54, 1.807) is 6.07 Å². The molecule has 0 aromatic carbocycles. The Morgan fingerprint density at radius 1 is 1.55 bits per heavy atom. The number of H-pyrrole nitrogens is 1. The van der Waals surface area contributed by atoms with Crippen LogP contribution in [-0.4, -0.2) is 20.3 Å². The van der Waals surface area contributed by atoms with Gasteiger partial charge in [-0.05, 0) is 0 Å². The summed E-state index contributed by atoms with van der Waals surface area (Å²) in [6.45, 7) is 0. The van der Waals surface area contributed by atoms with Crippen molar-refractivity contribution in [3.63, 3.8) is 0 Å². The third kappa shape index (κ3) is 0.936. The molecule has 0 atom stereocenters. The van der Waals surface area contributed by atoms with Crippen molar-refractivity contribution in [2.75, 3.05) is 5.73 Å². The van der Waals surface area contributed by atoms with Gasteiger partial charge >= 0.3 is 0 Å². The molecule has 0 radical (unpaired) electrons. The van der Waals surface area contributed by atoms with Crippen molar-refractivity contribution in [3.05, 3.63) is 12.4 Å². The molecule has 0 unspecified atom stereocenters. The Hall–Kier alpha value is -1.85. The fourth-order valence-electron chi connectivity index (χ4n) is 0.725. The first-order valence-corrected chi connectivity index (χ1v) is 2.94. The van der Waals surface area contributed by atoms with Gasteiger partial charge in [0.25, 0.3) is 0 Å². The molecule has 11 heavy (non-hydrogen) atoms. The van der Waals surface area contributed by atoms with Gasteiger partial charge in [0.05, 0.1) is 0 Å². The van der Waals surface area contributed by atoms with Gasteiger partial charge in [0, 0.05) is 6.07 Å². The van der Waals surface area contributed by atoms with Gasteiger partial charge in [-0.3, -0.25) is 5.10 Å². The summed E-state index contributed by atoms with van der Waals surface area (Å²) in [5, 5.41) is 9.75. The number of nitrogen functional groups attached to an aromatic ring is 1. The molecule has 0 aliphatic heterocycles. The van der Waals surface area contributed by atoms with Crippen molar-refractivity contribution in [3.8, 4) is 11.6 Å². The van der Waals surface area contributed by atoms with Crippen molar-refractivity contribution < 1.29 is 4.52 Å². The Balaban J connectivity index is 2.45. The van der Waals surface area contributed by atoms with Crippen LogP contribution in [0, 0.1) is 0 Å². The van der Waals surface area contributed by atoms with Crippen LogP contribution in [0.3, 0.4) is 0 Å².